The lowest BCUT2D eigenvalue weighted by Crippen LogP contribution is -2.34. The van der Waals surface area contributed by atoms with Crippen LogP contribution in [0.3, 0.4) is 0 Å². The maximum Gasteiger partial charge on any atom is 0.235 e. The molecular formula is C15H24N2O2S. The molecule has 0 bridgehead atoms. The number of hydrogen-bond acceptors (Lipinski definition) is 3. The fourth-order valence-electron chi connectivity index (χ4n) is 2.24. The van der Waals surface area contributed by atoms with E-state index in [2.05, 4.69) is 26.1 Å². The van der Waals surface area contributed by atoms with Crippen LogP contribution in [0.5, 0.6) is 0 Å². The molecule has 5 heteroatoms. The number of anilines is 2. The predicted octanol–water partition coefficient (Wildman–Crippen LogP) is 3.07. The van der Waals surface area contributed by atoms with E-state index in [0.717, 1.165) is 24.3 Å². The molecule has 4 nitrogen and oxygen atoms in total. The molecule has 2 rings (SSSR count). The summed E-state index contributed by atoms with van der Waals surface area (Å²) in [6, 6.07) is 7.63. The number of hydrogen-bond donors (Lipinski definition) is 1. The highest BCUT2D eigenvalue weighted by molar-refractivity contribution is 7.92. The van der Waals surface area contributed by atoms with Crippen LogP contribution in [0, 0.1) is 5.41 Å². The molecule has 0 amide bonds. The van der Waals surface area contributed by atoms with Crippen molar-refractivity contribution in [2.75, 3.05) is 28.5 Å². The van der Waals surface area contributed by atoms with Gasteiger partial charge in [0.05, 0.1) is 17.1 Å². The van der Waals surface area contributed by atoms with Crippen molar-refractivity contribution in [3.05, 3.63) is 24.3 Å². The Morgan fingerprint density at radius 2 is 1.95 bits per heavy atom. The zero-order chi connectivity index (χ0) is 14.8. The monoisotopic (exact) mass is 296 g/mol. The summed E-state index contributed by atoms with van der Waals surface area (Å²) in [5, 5.41) is 3.29. The lowest BCUT2D eigenvalue weighted by Gasteiger charge is -2.26. The number of fused-ring (bicyclic) bond motifs is 1. The number of para-hydroxylation sites is 2. The van der Waals surface area contributed by atoms with Crippen LogP contribution in [0.15, 0.2) is 24.3 Å². The molecule has 0 atom stereocenters. The SMILES string of the molecule is CC(C)(C)CCS(=O)(=O)N1CCCNc2ccccc21. The molecule has 0 fully saturated rings. The molecule has 1 aliphatic rings. The molecule has 112 valence electrons. The zero-order valence-electron chi connectivity index (χ0n) is 12.5. The van der Waals surface area contributed by atoms with E-state index in [9.17, 15) is 8.42 Å². The van der Waals surface area contributed by atoms with Crippen molar-refractivity contribution in [3.8, 4) is 0 Å². The van der Waals surface area contributed by atoms with E-state index < -0.39 is 10.0 Å². The third-order valence-corrected chi connectivity index (χ3v) is 5.24. The molecule has 0 saturated carbocycles. The molecule has 0 aromatic heterocycles. The average Bonchev–Trinajstić information content (AvgIpc) is 2.58. The summed E-state index contributed by atoms with van der Waals surface area (Å²) < 4.78 is 26.9. The van der Waals surface area contributed by atoms with Crippen molar-refractivity contribution < 1.29 is 8.42 Å². The molecule has 0 radical (unpaired) electrons. The van der Waals surface area contributed by atoms with Gasteiger partial charge in [0.15, 0.2) is 0 Å². The molecule has 0 spiro atoms. The lowest BCUT2D eigenvalue weighted by atomic mass is 9.94. The van der Waals surface area contributed by atoms with Crippen LogP contribution in [-0.4, -0.2) is 27.3 Å². The van der Waals surface area contributed by atoms with Gasteiger partial charge in [0, 0.05) is 13.1 Å². The van der Waals surface area contributed by atoms with E-state index in [-0.39, 0.29) is 11.2 Å². The molecular weight excluding hydrogens is 272 g/mol. The summed E-state index contributed by atoms with van der Waals surface area (Å²) in [5.74, 6) is 0.199. The molecule has 20 heavy (non-hydrogen) atoms. The Balaban J connectivity index is 2.27. The van der Waals surface area contributed by atoms with E-state index in [1.54, 1.807) is 4.31 Å². The first-order valence-electron chi connectivity index (χ1n) is 7.13. The second kappa shape index (κ2) is 5.64. The van der Waals surface area contributed by atoms with Gasteiger partial charge in [0.1, 0.15) is 0 Å². The third kappa shape index (κ3) is 3.66. The zero-order valence-corrected chi connectivity index (χ0v) is 13.3. The number of nitrogens with one attached hydrogen (secondary N) is 1. The first-order valence-corrected chi connectivity index (χ1v) is 8.74. The summed E-state index contributed by atoms with van der Waals surface area (Å²) in [5.41, 5.74) is 1.71. The minimum atomic E-state index is -3.26. The molecule has 0 unspecified atom stereocenters. The minimum absolute atomic E-state index is 0.0245. The van der Waals surface area contributed by atoms with E-state index in [1.807, 2.05) is 24.3 Å². The largest absolute Gasteiger partial charge is 0.383 e. The van der Waals surface area contributed by atoms with E-state index >= 15 is 0 Å². The van der Waals surface area contributed by atoms with Gasteiger partial charge in [-0.15, -0.1) is 0 Å². The molecule has 1 heterocycles. The average molecular weight is 296 g/mol. The number of nitrogens with zero attached hydrogens (tertiary/aromatic N) is 1. The van der Waals surface area contributed by atoms with Crippen molar-refractivity contribution in [3.63, 3.8) is 0 Å². The number of rotatable bonds is 3. The number of benzene rings is 1. The maximum absolute atomic E-state index is 12.6. The minimum Gasteiger partial charge on any atom is -0.383 e. The predicted molar refractivity (Wildman–Crippen MR) is 84.8 cm³/mol. The first kappa shape index (κ1) is 15.2. The van der Waals surface area contributed by atoms with Crippen LogP contribution in [0.2, 0.25) is 0 Å². The van der Waals surface area contributed by atoms with Crippen molar-refractivity contribution >= 4 is 21.4 Å². The molecule has 1 aromatic rings. The quantitative estimate of drug-likeness (QED) is 0.932. The fraction of sp³-hybridized carbons (Fsp3) is 0.600. The molecule has 1 aliphatic heterocycles. The highest BCUT2D eigenvalue weighted by Gasteiger charge is 2.27. The Hall–Kier alpha value is -1.23. The molecule has 0 aliphatic carbocycles. The smallest absolute Gasteiger partial charge is 0.235 e. The lowest BCUT2D eigenvalue weighted by molar-refractivity contribution is 0.397. The van der Waals surface area contributed by atoms with Crippen molar-refractivity contribution in [2.24, 2.45) is 5.41 Å². The van der Waals surface area contributed by atoms with E-state index in [4.69, 9.17) is 0 Å². The maximum atomic E-state index is 12.6. The van der Waals surface area contributed by atoms with Gasteiger partial charge in [-0.1, -0.05) is 32.9 Å². The summed E-state index contributed by atoms with van der Waals surface area (Å²) in [4.78, 5) is 0. The van der Waals surface area contributed by atoms with E-state index in [1.165, 1.54) is 0 Å². The topological polar surface area (TPSA) is 49.4 Å². The fourth-order valence-corrected chi connectivity index (χ4v) is 4.20. The summed E-state index contributed by atoms with van der Waals surface area (Å²) >= 11 is 0. The van der Waals surface area contributed by atoms with Gasteiger partial charge >= 0.3 is 0 Å². The van der Waals surface area contributed by atoms with Gasteiger partial charge in [-0.05, 0) is 30.4 Å². The molecule has 1 N–H and O–H groups in total. The molecule has 0 saturated heterocycles. The van der Waals surface area contributed by atoms with Crippen molar-refractivity contribution in [2.45, 2.75) is 33.6 Å². The third-order valence-electron chi connectivity index (χ3n) is 3.47. The Bertz CT molecular complexity index is 561. The van der Waals surface area contributed by atoms with Crippen LogP contribution in [-0.2, 0) is 10.0 Å². The standard InChI is InChI=1S/C15H24N2O2S/c1-15(2,3)9-12-20(18,19)17-11-6-10-16-13-7-4-5-8-14(13)17/h4-5,7-8,16H,6,9-12H2,1-3H3. The van der Waals surface area contributed by atoms with Crippen LogP contribution in [0.25, 0.3) is 0 Å². The van der Waals surface area contributed by atoms with Crippen LogP contribution >= 0.6 is 0 Å². The Morgan fingerprint density at radius 3 is 2.65 bits per heavy atom. The Labute approximate surface area is 122 Å². The van der Waals surface area contributed by atoms with Crippen molar-refractivity contribution in [1.29, 1.82) is 0 Å². The number of sulfonamides is 1. The Kier molecular flexibility index (Phi) is 4.28. The summed E-state index contributed by atoms with van der Waals surface area (Å²) in [6.07, 6.45) is 1.49. The highest BCUT2D eigenvalue weighted by atomic mass is 32.2. The van der Waals surface area contributed by atoms with Gasteiger partial charge in [0.25, 0.3) is 0 Å². The second-order valence-corrected chi connectivity index (χ2v) is 8.51. The summed E-state index contributed by atoms with van der Waals surface area (Å²) in [6.45, 7) is 7.57. The normalized spacial score (nSPS) is 16.2. The van der Waals surface area contributed by atoms with Crippen LogP contribution in [0.1, 0.15) is 33.6 Å². The van der Waals surface area contributed by atoms with Crippen LogP contribution in [0.4, 0.5) is 11.4 Å². The van der Waals surface area contributed by atoms with Gasteiger partial charge in [-0.2, -0.15) is 0 Å². The first-order chi connectivity index (χ1) is 9.30. The highest BCUT2D eigenvalue weighted by Crippen LogP contribution is 2.31. The second-order valence-electron chi connectivity index (χ2n) is 6.50. The van der Waals surface area contributed by atoms with Gasteiger partial charge in [-0.25, -0.2) is 8.42 Å². The van der Waals surface area contributed by atoms with Crippen LogP contribution < -0.4 is 9.62 Å². The summed E-state index contributed by atoms with van der Waals surface area (Å²) in [7, 11) is -3.26. The molecule has 1 aromatic carbocycles. The van der Waals surface area contributed by atoms with Crippen molar-refractivity contribution in [1.82, 2.24) is 0 Å². The Morgan fingerprint density at radius 1 is 1.25 bits per heavy atom. The van der Waals surface area contributed by atoms with Gasteiger partial charge < -0.3 is 5.32 Å². The van der Waals surface area contributed by atoms with Gasteiger partial charge in [0.2, 0.25) is 10.0 Å². The van der Waals surface area contributed by atoms with E-state index in [0.29, 0.717) is 13.0 Å². The van der Waals surface area contributed by atoms with Gasteiger partial charge in [-0.3, -0.25) is 4.31 Å².